The van der Waals surface area contributed by atoms with E-state index in [1.165, 1.54) is 7.11 Å². The fourth-order valence-corrected chi connectivity index (χ4v) is 2.04. The van der Waals surface area contributed by atoms with E-state index < -0.39 is 5.97 Å². The van der Waals surface area contributed by atoms with Crippen LogP contribution in [0.25, 0.3) is 21.9 Å². The number of hydrogen-bond acceptors (Lipinski definition) is 5. The number of anilines is 1. The molecule has 0 saturated carbocycles. The normalized spacial score (nSPS) is 10.9. The standard InChI is InChI=1S/C13H10N2O3/c1-17-13(16)11-9(14)3-2-8-7-4-5-18-10(7)6-15-12(8)11/h2-6H,14H2,1H3. The number of fused-ring (bicyclic) bond motifs is 3. The Labute approximate surface area is 102 Å². The van der Waals surface area contributed by atoms with E-state index in [0.717, 1.165) is 10.8 Å². The number of nitrogens with two attached hydrogens (primary N) is 1. The summed E-state index contributed by atoms with van der Waals surface area (Å²) in [4.78, 5) is 16.0. The second kappa shape index (κ2) is 3.73. The third kappa shape index (κ3) is 1.34. The van der Waals surface area contributed by atoms with Crippen LogP contribution in [0.4, 0.5) is 5.69 Å². The van der Waals surface area contributed by atoms with Crippen LogP contribution in [0, 0.1) is 0 Å². The van der Waals surface area contributed by atoms with Gasteiger partial charge in [-0.3, -0.25) is 4.98 Å². The van der Waals surface area contributed by atoms with Crippen molar-refractivity contribution in [1.82, 2.24) is 4.98 Å². The molecule has 3 aromatic rings. The average Bonchev–Trinajstić information content (AvgIpc) is 2.86. The molecule has 2 N–H and O–H groups in total. The highest BCUT2D eigenvalue weighted by Gasteiger charge is 2.17. The Hall–Kier alpha value is -2.56. The molecule has 0 amide bonds. The molecule has 0 fully saturated rings. The number of pyridine rings is 1. The topological polar surface area (TPSA) is 78.4 Å². The zero-order valence-electron chi connectivity index (χ0n) is 9.64. The molecule has 5 heteroatoms. The van der Waals surface area contributed by atoms with Gasteiger partial charge >= 0.3 is 5.97 Å². The predicted octanol–water partition coefficient (Wildman–Crippen LogP) is 2.35. The van der Waals surface area contributed by atoms with Gasteiger partial charge in [-0.2, -0.15) is 0 Å². The van der Waals surface area contributed by atoms with Gasteiger partial charge in [0.05, 0.1) is 25.1 Å². The van der Waals surface area contributed by atoms with Gasteiger partial charge in [-0.05, 0) is 18.2 Å². The molecule has 0 aliphatic heterocycles. The summed E-state index contributed by atoms with van der Waals surface area (Å²) in [5, 5.41) is 1.71. The van der Waals surface area contributed by atoms with Crippen LogP contribution >= 0.6 is 0 Å². The summed E-state index contributed by atoms with van der Waals surface area (Å²) in [6, 6.07) is 5.32. The Morgan fingerprint density at radius 3 is 2.94 bits per heavy atom. The maximum absolute atomic E-state index is 11.8. The number of rotatable bonds is 1. The van der Waals surface area contributed by atoms with E-state index >= 15 is 0 Å². The van der Waals surface area contributed by atoms with E-state index in [4.69, 9.17) is 14.9 Å². The number of esters is 1. The number of methoxy groups -OCH3 is 1. The second-order valence-electron chi connectivity index (χ2n) is 3.87. The minimum atomic E-state index is -0.492. The van der Waals surface area contributed by atoms with Crippen LogP contribution in [-0.4, -0.2) is 18.1 Å². The molecule has 2 aromatic heterocycles. The maximum atomic E-state index is 11.8. The molecule has 0 atom stereocenters. The van der Waals surface area contributed by atoms with Crippen LogP contribution < -0.4 is 5.73 Å². The van der Waals surface area contributed by atoms with Crippen molar-refractivity contribution < 1.29 is 13.9 Å². The number of benzene rings is 1. The van der Waals surface area contributed by atoms with Gasteiger partial charge < -0.3 is 14.9 Å². The summed E-state index contributed by atoms with van der Waals surface area (Å²) in [5.74, 6) is -0.492. The first-order chi connectivity index (χ1) is 8.72. The molecule has 1 aromatic carbocycles. The van der Waals surface area contributed by atoms with Gasteiger partial charge in [-0.1, -0.05) is 0 Å². The quantitative estimate of drug-likeness (QED) is 0.523. The van der Waals surface area contributed by atoms with Crippen LogP contribution in [0.5, 0.6) is 0 Å². The number of ether oxygens (including phenoxy) is 1. The monoisotopic (exact) mass is 242 g/mol. The Bertz CT molecular complexity index is 761. The molecule has 0 aliphatic rings. The molecule has 2 heterocycles. The molecular formula is C13H10N2O3. The number of nitrogens with zero attached hydrogens (tertiary/aromatic N) is 1. The highest BCUT2D eigenvalue weighted by molar-refractivity contribution is 6.13. The first-order valence-corrected chi connectivity index (χ1v) is 5.35. The zero-order valence-corrected chi connectivity index (χ0v) is 9.64. The average molecular weight is 242 g/mol. The van der Waals surface area contributed by atoms with Crippen molar-refractivity contribution in [2.45, 2.75) is 0 Å². The SMILES string of the molecule is COC(=O)c1c(N)ccc2c1ncc1occc12. The van der Waals surface area contributed by atoms with E-state index in [0.29, 0.717) is 16.8 Å². The molecular weight excluding hydrogens is 232 g/mol. The van der Waals surface area contributed by atoms with Gasteiger partial charge in [0, 0.05) is 16.5 Å². The van der Waals surface area contributed by atoms with Crippen molar-refractivity contribution in [3.05, 3.63) is 36.2 Å². The molecule has 0 radical (unpaired) electrons. The second-order valence-corrected chi connectivity index (χ2v) is 3.87. The molecule has 0 spiro atoms. The molecule has 90 valence electrons. The van der Waals surface area contributed by atoms with E-state index in [1.807, 2.05) is 12.1 Å². The molecule has 18 heavy (non-hydrogen) atoms. The number of carbonyl (C=O) groups excluding carboxylic acids is 1. The van der Waals surface area contributed by atoms with Gasteiger partial charge in [-0.15, -0.1) is 0 Å². The minimum Gasteiger partial charge on any atom is -0.465 e. The van der Waals surface area contributed by atoms with Crippen molar-refractivity contribution in [2.75, 3.05) is 12.8 Å². The zero-order chi connectivity index (χ0) is 12.7. The lowest BCUT2D eigenvalue weighted by atomic mass is 10.1. The lowest BCUT2D eigenvalue weighted by molar-refractivity contribution is 0.0604. The summed E-state index contributed by atoms with van der Waals surface area (Å²) in [6.45, 7) is 0. The predicted molar refractivity (Wildman–Crippen MR) is 67.3 cm³/mol. The number of furan rings is 1. The van der Waals surface area contributed by atoms with Crippen LogP contribution in [0.3, 0.4) is 0 Å². The largest absolute Gasteiger partial charge is 0.465 e. The molecule has 3 rings (SSSR count). The van der Waals surface area contributed by atoms with Crippen LogP contribution in [-0.2, 0) is 4.74 Å². The van der Waals surface area contributed by atoms with E-state index in [1.54, 1.807) is 18.5 Å². The Morgan fingerprint density at radius 2 is 2.17 bits per heavy atom. The smallest absolute Gasteiger partial charge is 0.342 e. The maximum Gasteiger partial charge on any atom is 0.342 e. The highest BCUT2D eigenvalue weighted by atomic mass is 16.5. The fraction of sp³-hybridized carbons (Fsp3) is 0.0769. The van der Waals surface area contributed by atoms with E-state index in [-0.39, 0.29) is 5.56 Å². The van der Waals surface area contributed by atoms with Gasteiger partial charge in [-0.25, -0.2) is 4.79 Å². The van der Waals surface area contributed by atoms with Gasteiger partial charge in [0.1, 0.15) is 5.56 Å². The van der Waals surface area contributed by atoms with Crippen molar-refractivity contribution >= 4 is 33.5 Å². The third-order valence-electron chi connectivity index (χ3n) is 2.90. The van der Waals surface area contributed by atoms with Crippen LogP contribution in [0.2, 0.25) is 0 Å². The third-order valence-corrected chi connectivity index (χ3v) is 2.90. The van der Waals surface area contributed by atoms with Crippen molar-refractivity contribution in [3.8, 4) is 0 Å². The Kier molecular flexibility index (Phi) is 2.19. The van der Waals surface area contributed by atoms with Gasteiger partial charge in [0.25, 0.3) is 0 Å². The lowest BCUT2D eigenvalue weighted by Crippen LogP contribution is -2.07. The van der Waals surface area contributed by atoms with E-state index in [2.05, 4.69) is 4.98 Å². The Morgan fingerprint density at radius 1 is 1.33 bits per heavy atom. The summed E-state index contributed by atoms with van der Waals surface area (Å²) < 4.78 is 10.0. The first-order valence-electron chi connectivity index (χ1n) is 5.35. The molecule has 0 unspecified atom stereocenters. The van der Waals surface area contributed by atoms with Gasteiger partial charge in [0.2, 0.25) is 0 Å². The highest BCUT2D eigenvalue weighted by Crippen LogP contribution is 2.29. The van der Waals surface area contributed by atoms with Crippen molar-refractivity contribution in [3.63, 3.8) is 0 Å². The van der Waals surface area contributed by atoms with E-state index in [9.17, 15) is 4.79 Å². The van der Waals surface area contributed by atoms with Crippen molar-refractivity contribution in [1.29, 1.82) is 0 Å². The van der Waals surface area contributed by atoms with Gasteiger partial charge in [0.15, 0.2) is 5.58 Å². The van der Waals surface area contributed by atoms with Crippen LogP contribution in [0.1, 0.15) is 10.4 Å². The summed E-state index contributed by atoms with van der Waals surface area (Å²) >= 11 is 0. The first kappa shape index (κ1) is 10.6. The minimum absolute atomic E-state index is 0.290. The number of carbonyl (C=O) groups is 1. The molecule has 0 bridgehead atoms. The van der Waals surface area contributed by atoms with Crippen molar-refractivity contribution in [2.24, 2.45) is 0 Å². The molecule has 5 nitrogen and oxygen atoms in total. The molecule has 0 saturated heterocycles. The summed E-state index contributed by atoms with van der Waals surface area (Å²) in [7, 11) is 1.32. The fourth-order valence-electron chi connectivity index (χ4n) is 2.04. The lowest BCUT2D eigenvalue weighted by Gasteiger charge is -2.07. The number of hydrogen-bond donors (Lipinski definition) is 1. The molecule has 0 aliphatic carbocycles. The number of aromatic nitrogens is 1. The Balaban J connectivity index is 2.47. The van der Waals surface area contributed by atoms with Crippen LogP contribution in [0.15, 0.2) is 35.1 Å². The number of nitrogen functional groups attached to an aromatic ring is 1. The summed E-state index contributed by atoms with van der Waals surface area (Å²) in [5.41, 5.74) is 7.65. The summed E-state index contributed by atoms with van der Waals surface area (Å²) in [6.07, 6.45) is 3.16.